The molecule has 16 heavy (non-hydrogen) atoms. The lowest BCUT2D eigenvalue weighted by Crippen LogP contribution is -1.96. The van der Waals surface area contributed by atoms with E-state index in [4.69, 9.17) is 13.9 Å². The van der Waals surface area contributed by atoms with Crippen molar-refractivity contribution >= 4 is 27.4 Å². The van der Waals surface area contributed by atoms with E-state index >= 15 is 0 Å². The molecule has 0 saturated carbocycles. The molecule has 0 spiro atoms. The smallest absolute Gasteiger partial charge is 0.372 e. The van der Waals surface area contributed by atoms with Gasteiger partial charge < -0.3 is 13.9 Å². The summed E-state index contributed by atoms with van der Waals surface area (Å²) in [4.78, 5) is 10.9. The fourth-order valence-corrected chi connectivity index (χ4v) is 1.94. The van der Waals surface area contributed by atoms with Crippen molar-refractivity contribution in [3.05, 3.63) is 35.1 Å². The molecule has 2 rings (SSSR count). The second-order valence-electron chi connectivity index (χ2n) is 3.44. The molecule has 0 aliphatic rings. The molecule has 2 aromatic rings. The van der Waals surface area contributed by atoms with Crippen LogP contribution in [0.15, 0.2) is 22.6 Å². The lowest BCUT2D eigenvalue weighted by molar-refractivity contribution is 0.0664. The molecule has 0 aliphatic carbocycles. The Bertz CT molecular complexity index is 544. The molecular formula is C11H9O4Si. The van der Waals surface area contributed by atoms with Gasteiger partial charge in [-0.15, -0.1) is 0 Å². The first-order chi connectivity index (χ1) is 7.65. The first kappa shape index (κ1) is 10.9. The van der Waals surface area contributed by atoms with Gasteiger partial charge in [0.1, 0.15) is 5.58 Å². The van der Waals surface area contributed by atoms with Crippen molar-refractivity contribution < 1.29 is 18.7 Å². The van der Waals surface area contributed by atoms with Crippen LogP contribution >= 0.6 is 0 Å². The number of aryl methyl sites for hydroxylation is 1. The molecule has 81 valence electrons. The number of carbonyl (C=O) groups is 1. The molecule has 0 bridgehead atoms. The molecule has 0 amide bonds. The van der Waals surface area contributed by atoms with Crippen LogP contribution in [0.1, 0.15) is 21.7 Å². The average molecular weight is 233 g/mol. The second kappa shape index (κ2) is 4.11. The van der Waals surface area contributed by atoms with Gasteiger partial charge in [-0.2, -0.15) is 0 Å². The maximum absolute atomic E-state index is 10.9. The van der Waals surface area contributed by atoms with Gasteiger partial charge in [-0.3, -0.25) is 0 Å². The van der Waals surface area contributed by atoms with Crippen molar-refractivity contribution in [3.63, 3.8) is 0 Å². The molecule has 0 atom stereocenters. The normalized spacial score (nSPS) is 10.9. The third-order valence-electron chi connectivity index (χ3n) is 2.46. The van der Waals surface area contributed by atoms with Crippen LogP contribution in [0.3, 0.4) is 0 Å². The van der Waals surface area contributed by atoms with Gasteiger partial charge in [0.15, 0.2) is 0 Å². The fourth-order valence-electron chi connectivity index (χ4n) is 1.79. The molecule has 1 N–H and O–H groups in total. The Labute approximate surface area is 95.4 Å². The molecule has 0 unspecified atom stereocenters. The number of fused-ring (bicyclic) bond motifs is 1. The molecule has 3 radical (unpaired) electrons. The van der Waals surface area contributed by atoms with Gasteiger partial charge in [0.25, 0.3) is 0 Å². The van der Waals surface area contributed by atoms with E-state index in [2.05, 4.69) is 10.5 Å². The second-order valence-corrected chi connectivity index (χ2v) is 3.73. The van der Waals surface area contributed by atoms with Crippen molar-refractivity contribution in [3.8, 4) is 0 Å². The SMILES string of the molecule is Cc1c(C(=O)O)oc2cccc(CO[Si])c12. The Morgan fingerprint density at radius 1 is 1.56 bits per heavy atom. The van der Waals surface area contributed by atoms with Crippen LogP contribution in [0.2, 0.25) is 0 Å². The maximum atomic E-state index is 10.9. The summed E-state index contributed by atoms with van der Waals surface area (Å²) in [5.74, 6) is -1.07. The lowest BCUT2D eigenvalue weighted by atomic mass is 10.1. The monoisotopic (exact) mass is 233 g/mol. The summed E-state index contributed by atoms with van der Waals surface area (Å²) in [5.41, 5.74) is 2.08. The third kappa shape index (κ3) is 1.64. The number of hydrogen-bond donors (Lipinski definition) is 1. The van der Waals surface area contributed by atoms with Crippen LogP contribution in [0.25, 0.3) is 11.0 Å². The summed E-state index contributed by atoms with van der Waals surface area (Å²) in [6, 6.07) is 5.42. The molecule has 5 heteroatoms. The number of furan rings is 1. The Morgan fingerprint density at radius 2 is 2.31 bits per heavy atom. The zero-order valence-electron chi connectivity index (χ0n) is 8.61. The summed E-state index contributed by atoms with van der Waals surface area (Å²) in [5, 5.41) is 9.76. The van der Waals surface area contributed by atoms with Crippen LogP contribution in [-0.2, 0) is 11.0 Å². The van der Waals surface area contributed by atoms with Gasteiger partial charge in [0, 0.05) is 10.9 Å². The number of hydrogen-bond acceptors (Lipinski definition) is 3. The highest BCUT2D eigenvalue weighted by Crippen LogP contribution is 2.28. The zero-order chi connectivity index (χ0) is 11.7. The predicted molar refractivity (Wildman–Crippen MR) is 58.5 cm³/mol. The first-order valence-electron chi connectivity index (χ1n) is 4.68. The van der Waals surface area contributed by atoms with Crippen molar-refractivity contribution in [2.24, 2.45) is 0 Å². The Hall–Kier alpha value is -1.59. The van der Waals surface area contributed by atoms with Crippen LogP contribution in [0.4, 0.5) is 0 Å². The standard InChI is InChI=1S/C11H9O4Si/c1-6-9-7(5-14-16)3-2-4-8(9)15-10(6)11(12)13/h2-4H,5H2,1H3,(H,12,13). The van der Waals surface area contributed by atoms with Crippen LogP contribution in [0.5, 0.6) is 0 Å². The average Bonchev–Trinajstić information content (AvgIpc) is 2.58. The van der Waals surface area contributed by atoms with Crippen molar-refractivity contribution in [2.45, 2.75) is 13.5 Å². The molecule has 0 aliphatic heterocycles. The quantitative estimate of drug-likeness (QED) is 0.824. The number of carboxylic acid groups (broad SMARTS) is 1. The summed E-state index contributed by atoms with van der Waals surface area (Å²) < 4.78 is 10.2. The first-order valence-corrected chi connectivity index (χ1v) is 5.08. The van der Waals surface area contributed by atoms with Gasteiger partial charge in [-0.05, 0) is 18.6 Å². The van der Waals surface area contributed by atoms with E-state index in [9.17, 15) is 4.79 Å². The number of aromatic carboxylic acids is 1. The number of benzene rings is 1. The van der Waals surface area contributed by atoms with E-state index in [1.807, 2.05) is 6.07 Å². The van der Waals surface area contributed by atoms with Crippen molar-refractivity contribution in [1.82, 2.24) is 0 Å². The summed E-state index contributed by atoms with van der Waals surface area (Å²) in [6.07, 6.45) is 0. The third-order valence-corrected chi connectivity index (χ3v) is 2.61. The van der Waals surface area contributed by atoms with Gasteiger partial charge in [-0.1, -0.05) is 12.1 Å². The highest BCUT2D eigenvalue weighted by molar-refractivity contribution is 5.98. The highest BCUT2D eigenvalue weighted by atomic mass is 28.2. The molecule has 4 nitrogen and oxygen atoms in total. The lowest BCUT2D eigenvalue weighted by Gasteiger charge is -2.01. The Morgan fingerprint density at radius 3 is 2.94 bits per heavy atom. The summed E-state index contributed by atoms with van der Waals surface area (Å²) in [6.45, 7) is 2.08. The van der Waals surface area contributed by atoms with E-state index < -0.39 is 5.97 Å². The fraction of sp³-hybridized carbons (Fsp3) is 0.182. The highest BCUT2D eigenvalue weighted by Gasteiger charge is 2.18. The van der Waals surface area contributed by atoms with E-state index in [0.29, 0.717) is 17.8 Å². The Kier molecular flexibility index (Phi) is 2.80. The molecule has 1 aromatic heterocycles. The van der Waals surface area contributed by atoms with Crippen molar-refractivity contribution in [2.75, 3.05) is 0 Å². The minimum absolute atomic E-state index is 0.0172. The van der Waals surface area contributed by atoms with Gasteiger partial charge in [0.05, 0.1) is 6.61 Å². The minimum atomic E-state index is -1.06. The minimum Gasteiger partial charge on any atom is -0.475 e. The number of rotatable bonds is 3. The van der Waals surface area contributed by atoms with Gasteiger partial charge in [0.2, 0.25) is 16.2 Å². The van der Waals surface area contributed by atoms with Crippen LogP contribution < -0.4 is 0 Å². The predicted octanol–water partition coefficient (Wildman–Crippen LogP) is 2.04. The molecule has 0 saturated heterocycles. The van der Waals surface area contributed by atoms with Gasteiger partial charge >= 0.3 is 5.97 Å². The van der Waals surface area contributed by atoms with E-state index in [1.54, 1.807) is 19.1 Å². The van der Waals surface area contributed by atoms with Crippen molar-refractivity contribution in [1.29, 1.82) is 0 Å². The summed E-state index contributed by atoms with van der Waals surface area (Å²) >= 11 is 0. The van der Waals surface area contributed by atoms with Crippen LogP contribution in [0, 0.1) is 6.92 Å². The Balaban J connectivity index is 2.71. The molecule has 0 fully saturated rings. The van der Waals surface area contributed by atoms with Gasteiger partial charge in [-0.25, -0.2) is 4.79 Å². The molecule has 1 heterocycles. The largest absolute Gasteiger partial charge is 0.475 e. The molecule has 1 aromatic carbocycles. The number of carboxylic acids is 1. The zero-order valence-corrected chi connectivity index (χ0v) is 9.61. The van der Waals surface area contributed by atoms with Crippen LogP contribution in [-0.4, -0.2) is 21.6 Å². The topological polar surface area (TPSA) is 59.7 Å². The van der Waals surface area contributed by atoms with E-state index in [0.717, 1.165) is 10.9 Å². The van der Waals surface area contributed by atoms with E-state index in [1.165, 1.54) is 0 Å². The summed E-state index contributed by atoms with van der Waals surface area (Å²) in [7, 11) is 2.93. The van der Waals surface area contributed by atoms with E-state index in [-0.39, 0.29) is 5.76 Å². The molecular weight excluding hydrogens is 224 g/mol. The maximum Gasteiger partial charge on any atom is 0.372 e.